The largest absolute Gasteiger partial charge is 0.454 e. The fourth-order valence-electron chi connectivity index (χ4n) is 8.01. The molecule has 0 aliphatic heterocycles. The second-order valence-corrected chi connectivity index (χ2v) is 14.6. The minimum Gasteiger partial charge on any atom is -0.454 e. The van der Waals surface area contributed by atoms with Crippen LogP contribution in [-0.2, 0) is 0 Å². The maximum Gasteiger partial charge on any atom is 0.164 e. The summed E-state index contributed by atoms with van der Waals surface area (Å²) in [6.45, 7) is 0. The first-order valence-corrected chi connectivity index (χ1v) is 19.7. The summed E-state index contributed by atoms with van der Waals surface area (Å²) in [6, 6.07) is 70.9. The van der Waals surface area contributed by atoms with Gasteiger partial charge in [-0.05, 0) is 45.5 Å². The molecule has 3 heterocycles. The number of fused-ring (bicyclic) bond motifs is 5. The van der Waals surface area contributed by atoms with Crippen LogP contribution >= 0.6 is 0 Å². The van der Waals surface area contributed by atoms with Crippen molar-refractivity contribution in [2.75, 3.05) is 0 Å². The predicted molar refractivity (Wildman–Crippen MR) is 240 cm³/mol. The van der Waals surface area contributed by atoms with Crippen molar-refractivity contribution in [3.05, 3.63) is 206 Å². The van der Waals surface area contributed by atoms with Crippen LogP contribution in [0.15, 0.2) is 211 Å². The van der Waals surface area contributed by atoms with E-state index in [2.05, 4.69) is 176 Å². The van der Waals surface area contributed by atoms with E-state index in [1.807, 2.05) is 30.3 Å². The highest BCUT2D eigenvalue weighted by Crippen LogP contribution is 2.43. The standard InChI is InChI=1S/C54H34N4O/c1-4-13-35(14-5-1)37-23-29-41(30-24-37)52-56-53(42-31-25-38(26-32-42)36-15-6-2-7-16-36)58-54(57-52)43-33-27-40(28-34-43)50-51-49(45-19-10-11-22-47(45)59-51)48-44(20-12-21-46(48)55-50)39-17-8-3-9-18-39/h1-34H. The molecule has 276 valence electrons. The summed E-state index contributed by atoms with van der Waals surface area (Å²) in [5.74, 6) is 1.80. The van der Waals surface area contributed by atoms with Gasteiger partial charge in [0.15, 0.2) is 23.1 Å². The van der Waals surface area contributed by atoms with E-state index in [9.17, 15) is 0 Å². The Morgan fingerprint density at radius 1 is 0.288 bits per heavy atom. The Balaban J connectivity index is 1.03. The van der Waals surface area contributed by atoms with E-state index in [1.54, 1.807) is 0 Å². The molecule has 0 amide bonds. The normalized spacial score (nSPS) is 11.4. The van der Waals surface area contributed by atoms with Crippen LogP contribution in [-0.4, -0.2) is 19.9 Å². The molecule has 0 atom stereocenters. The van der Waals surface area contributed by atoms with Gasteiger partial charge in [-0.2, -0.15) is 0 Å². The lowest BCUT2D eigenvalue weighted by Gasteiger charge is -2.12. The summed E-state index contributed by atoms with van der Waals surface area (Å²) < 4.78 is 6.66. The molecule has 0 aliphatic carbocycles. The van der Waals surface area contributed by atoms with Gasteiger partial charge < -0.3 is 4.42 Å². The smallest absolute Gasteiger partial charge is 0.164 e. The van der Waals surface area contributed by atoms with Crippen LogP contribution in [0.5, 0.6) is 0 Å². The summed E-state index contributed by atoms with van der Waals surface area (Å²) in [6.07, 6.45) is 0. The molecule has 0 aliphatic rings. The molecule has 0 fully saturated rings. The van der Waals surface area contributed by atoms with Gasteiger partial charge in [0.25, 0.3) is 0 Å². The number of rotatable bonds is 7. The third kappa shape index (κ3) is 6.32. The zero-order valence-corrected chi connectivity index (χ0v) is 31.8. The lowest BCUT2D eigenvalue weighted by atomic mass is 9.95. The molecular weight excluding hydrogens is 721 g/mol. The molecule has 0 bridgehead atoms. The monoisotopic (exact) mass is 754 g/mol. The van der Waals surface area contributed by atoms with Crippen molar-refractivity contribution in [2.45, 2.75) is 0 Å². The molecule has 59 heavy (non-hydrogen) atoms. The molecule has 3 aromatic heterocycles. The Morgan fingerprint density at radius 2 is 0.712 bits per heavy atom. The lowest BCUT2D eigenvalue weighted by molar-refractivity contribution is 0.669. The first-order chi connectivity index (χ1) is 29.2. The third-order valence-corrected chi connectivity index (χ3v) is 11.0. The third-order valence-electron chi connectivity index (χ3n) is 11.0. The van der Waals surface area contributed by atoms with Crippen molar-refractivity contribution in [2.24, 2.45) is 0 Å². The molecule has 0 N–H and O–H groups in total. The highest BCUT2D eigenvalue weighted by atomic mass is 16.3. The summed E-state index contributed by atoms with van der Waals surface area (Å²) in [5.41, 5.74) is 13.8. The van der Waals surface area contributed by atoms with Crippen LogP contribution in [0.4, 0.5) is 0 Å². The second-order valence-electron chi connectivity index (χ2n) is 14.6. The van der Waals surface area contributed by atoms with Crippen molar-refractivity contribution in [3.63, 3.8) is 0 Å². The molecule has 11 rings (SSSR count). The van der Waals surface area contributed by atoms with E-state index in [4.69, 9.17) is 24.4 Å². The van der Waals surface area contributed by atoms with Crippen LogP contribution in [0.1, 0.15) is 0 Å². The van der Waals surface area contributed by atoms with Gasteiger partial charge in [-0.15, -0.1) is 0 Å². The SMILES string of the molecule is c1ccc(-c2ccc(-c3nc(-c4ccc(-c5ccccc5)cc4)nc(-c4ccc(-c5nc6cccc(-c7ccccc7)c6c6c5oc5ccccc56)cc4)n3)cc2)cc1. The highest BCUT2D eigenvalue weighted by Gasteiger charge is 2.21. The van der Waals surface area contributed by atoms with Gasteiger partial charge in [0.1, 0.15) is 11.3 Å². The zero-order valence-electron chi connectivity index (χ0n) is 31.8. The van der Waals surface area contributed by atoms with Gasteiger partial charge >= 0.3 is 0 Å². The van der Waals surface area contributed by atoms with Crippen molar-refractivity contribution < 1.29 is 4.42 Å². The molecule has 11 aromatic rings. The molecule has 0 spiro atoms. The summed E-state index contributed by atoms with van der Waals surface area (Å²) >= 11 is 0. The van der Waals surface area contributed by atoms with E-state index < -0.39 is 0 Å². The molecule has 5 heteroatoms. The molecule has 5 nitrogen and oxygen atoms in total. The second kappa shape index (κ2) is 14.5. The maximum atomic E-state index is 6.66. The van der Waals surface area contributed by atoms with Crippen molar-refractivity contribution in [3.8, 4) is 78.8 Å². The fraction of sp³-hybridized carbons (Fsp3) is 0. The van der Waals surface area contributed by atoms with Gasteiger partial charge in [-0.3, -0.25) is 0 Å². The number of aromatic nitrogens is 4. The van der Waals surface area contributed by atoms with Crippen molar-refractivity contribution in [1.29, 1.82) is 0 Å². The number of hydrogen-bond donors (Lipinski definition) is 0. The van der Waals surface area contributed by atoms with Gasteiger partial charge in [0, 0.05) is 38.4 Å². The van der Waals surface area contributed by atoms with E-state index in [0.717, 1.165) is 94.2 Å². The van der Waals surface area contributed by atoms with Crippen LogP contribution in [0, 0.1) is 0 Å². The first kappa shape index (κ1) is 34.2. The van der Waals surface area contributed by atoms with E-state index in [-0.39, 0.29) is 0 Å². The Kier molecular flexibility index (Phi) is 8.41. The molecule has 0 saturated carbocycles. The fourth-order valence-corrected chi connectivity index (χ4v) is 8.01. The van der Waals surface area contributed by atoms with Crippen LogP contribution in [0.3, 0.4) is 0 Å². The summed E-state index contributed by atoms with van der Waals surface area (Å²) in [4.78, 5) is 20.5. The Hall–Kier alpha value is -8.02. The first-order valence-electron chi connectivity index (χ1n) is 19.7. The van der Waals surface area contributed by atoms with Crippen LogP contribution in [0.25, 0.3) is 112 Å². The Morgan fingerprint density at radius 3 is 1.24 bits per heavy atom. The number of pyridine rings is 1. The van der Waals surface area contributed by atoms with Crippen molar-refractivity contribution >= 4 is 32.8 Å². The number of para-hydroxylation sites is 1. The number of benzene rings is 8. The number of nitrogens with zero attached hydrogens (tertiary/aromatic N) is 4. The average Bonchev–Trinajstić information content (AvgIpc) is 3.72. The Bertz CT molecular complexity index is 3170. The van der Waals surface area contributed by atoms with Gasteiger partial charge in [-0.25, -0.2) is 19.9 Å². The van der Waals surface area contributed by atoms with Gasteiger partial charge in [-0.1, -0.05) is 194 Å². The van der Waals surface area contributed by atoms with Crippen LogP contribution < -0.4 is 0 Å². The van der Waals surface area contributed by atoms with E-state index >= 15 is 0 Å². The minimum absolute atomic E-state index is 0.587. The minimum atomic E-state index is 0.587. The highest BCUT2D eigenvalue weighted by molar-refractivity contribution is 6.24. The van der Waals surface area contributed by atoms with Crippen LogP contribution in [0.2, 0.25) is 0 Å². The predicted octanol–water partition coefficient (Wildman–Crippen LogP) is 14.0. The van der Waals surface area contributed by atoms with Gasteiger partial charge in [0.05, 0.1) is 5.52 Å². The van der Waals surface area contributed by atoms with Gasteiger partial charge in [0.2, 0.25) is 0 Å². The Labute approximate surface area is 341 Å². The summed E-state index contributed by atoms with van der Waals surface area (Å²) in [5, 5.41) is 3.21. The molecular formula is C54H34N4O. The van der Waals surface area contributed by atoms with E-state index in [0.29, 0.717) is 17.5 Å². The maximum absolute atomic E-state index is 6.66. The van der Waals surface area contributed by atoms with Crippen molar-refractivity contribution in [1.82, 2.24) is 19.9 Å². The lowest BCUT2D eigenvalue weighted by Crippen LogP contribution is -2.00. The quantitative estimate of drug-likeness (QED) is 0.162. The zero-order chi connectivity index (χ0) is 39.1. The molecule has 0 saturated heterocycles. The molecule has 0 unspecified atom stereocenters. The number of furan rings is 1. The molecule has 8 aromatic carbocycles. The summed E-state index contributed by atoms with van der Waals surface area (Å²) in [7, 11) is 0. The van der Waals surface area contributed by atoms with E-state index in [1.165, 1.54) is 0 Å². The molecule has 0 radical (unpaired) electrons. The topological polar surface area (TPSA) is 64.7 Å². The average molecular weight is 755 g/mol. The number of hydrogen-bond acceptors (Lipinski definition) is 5.